The molecule has 2 aliphatic heterocycles. The molecule has 0 bridgehead atoms. The lowest BCUT2D eigenvalue weighted by Crippen LogP contribution is -2.43. The van der Waals surface area contributed by atoms with Crippen LogP contribution >= 0.6 is 0 Å². The van der Waals surface area contributed by atoms with Gasteiger partial charge in [-0.15, -0.1) is 0 Å². The van der Waals surface area contributed by atoms with Crippen molar-refractivity contribution in [3.63, 3.8) is 0 Å². The molecule has 1 N–H and O–H groups in total. The van der Waals surface area contributed by atoms with Crippen molar-refractivity contribution in [3.05, 3.63) is 24.3 Å². The molecule has 1 amide bonds. The van der Waals surface area contributed by atoms with Gasteiger partial charge in [0.05, 0.1) is 11.9 Å². The minimum atomic E-state index is -3.39. The first-order chi connectivity index (χ1) is 12.4. The van der Waals surface area contributed by atoms with Gasteiger partial charge < -0.3 is 14.8 Å². The Balaban J connectivity index is 1.71. The molecule has 7 nitrogen and oxygen atoms in total. The summed E-state index contributed by atoms with van der Waals surface area (Å²) in [5.74, 6) is -0.0383. The van der Waals surface area contributed by atoms with Gasteiger partial charge in [-0.1, -0.05) is 0 Å². The van der Waals surface area contributed by atoms with Gasteiger partial charge in [-0.05, 0) is 49.9 Å². The maximum Gasteiger partial charge on any atom is 0.232 e. The molecule has 1 aromatic carbocycles. The number of hydrogen-bond donors (Lipinski definition) is 1. The standard InChI is InChI=1S/C18H26N2O5S/c1-26(22,23)20(17-8-12-25-13-9-17)16-4-2-15(3-5-16)19-18(21)14-6-10-24-11-7-14/h2-5,14,17H,6-13H2,1H3,(H,19,21). The summed E-state index contributed by atoms with van der Waals surface area (Å²) < 4.78 is 36.7. The van der Waals surface area contributed by atoms with Gasteiger partial charge in [0.15, 0.2) is 0 Å². The molecule has 8 heteroatoms. The van der Waals surface area contributed by atoms with Gasteiger partial charge in [0.25, 0.3) is 0 Å². The highest BCUT2D eigenvalue weighted by Gasteiger charge is 2.29. The van der Waals surface area contributed by atoms with E-state index in [1.54, 1.807) is 24.3 Å². The van der Waals surface area contributed by atoms with E-state index in [1.807, 2.05) is 0 Å². The largest absolute Gasteiger partial charge is 0.381 e. The van der Waals surface area contributed by atoms with E-state index in [0.717, 1.165) is 12.8 Å². The number of carbonyl (C=O) groups excluding carboxylic acids is 1. The monoisotopic (exact) mass is 382 g/mol. The Kier molecular flexibility index (Phi) is 6.16. The number of ether oxygens (including phenoxy) is 2. The third kappa shape index (κ3) is 4.75. The van der Waals surface area contributed by atoms with E-state index >= 15 is 0 Å². The zero-order valence-electron chi connectivity index (χ0n) is 15.0. The van der Waals surface area contributed by atoms with Crippen LogP contribution < -0.4 is 9.62 Å². The molecule has 1 aromatic rings. The summed E-state index contributed by atoms with van der Waals surface area (Å²) in [6.45, 7) is 2.36. The fourth-order valence-electron chi connectivity index (χ4n) is 3.49. The number of rotatable bonds is 5. The Labute approximate surface area is 154 Å². The molecule has 0 aromatic heterocycles. The molecule has 0 saturated carbocycles. The van der Waals surface area contributed by atoms with Crippen LogP contribution in [0.15, 0.2) is 24.3 Å². The fourth-order valence-corrected chi connectivity index (χ4v) is 4.75. The van der Waals surface area contributed by atoms with Crippen LogP contribution in [0.4, 0.5) is 11.4 Å². The lowest BCUT2D eigenvalue weighted by molar-refractivity contribution is -0.122. The van der Waals surface area contributed by atoms with Crippen LogP contribution in [0.2, 0.25) is 0 Å². The Bertz CT molecular complexity index is 708. The van der Waals surface area contributed by atoms with Gasteiger partial charge in [0.1, 0.15) is 0 Å². The van der Waals surface area contributed by atoms with E-state index < -0.39 is 10.0 Å². The lowest BCUT2D eigenvalue weighted by Gasteiger charge is -2.34. The van der Waals surface area contributed by atoms with Crippen molar-refractivity contribution in [3.8, 4) is 0 Å². The lowest BCUT2D eigenvalue weighted by atomic mass is 9.99. The number of hydrogen-bond acceptors (Lipinski definition) is 5. The van der Waals surface area contributed by atoms with Gasteiger partial charge in [0, 0.05) is 44.1 Å². The Hall–Kier alpha value is -1.64. The Morgan fingerprint density at radius 2 is 1.54 bits per heavy atom. The number of amides is 1. The first kappa shape index (κ1) is 19.1. The zero-order chi connectivity index (χ0) is 18.6. The van der Waals surface area contributed by atoms with Crippen molar-refractivity contribution in [2.45, 2.75) is 31.7 Å². The first-order valence-electron chi connectivity index (χ1n) is 9.01. The van der Waals surface area contributed by atoms with Crippen LogP contribution in [-0.2, 0) is 24.3 Å². The van der Waals surface area contributed by atoms with E-state index in [-0.39, 0.29) is 17.9 Å². The van der Waals surface area contributed by atoms with Gasteiger partial charge in [0.2, 0.25) is 15.9 Å². The van der Waals surface area contributed by atoms with Crippen molar-refractivity contribution in [1.82, 2.24) is 0 Å². The summed E-state index contributed by atoms with van der Waals surface area (Å²) >= 11 is 0. The summed E-state index contributed by atoms with van der Waals surface area (Å²) in [5.41, 5.74) is 1.29. The fraction of sp³-hybridized carbons (Fsp3) is 0.611. The van der Waals surface area contributed by atoms with Crippen molar-refractivity contribution >= 4 is 27.3 Å². The number of sulfonamides is 1. The van der Waals surface area contributed by atoms with E-state index in [1.165, 1.54) is 10.6 Å². The van der Waals surface area contributed by atoms with Gasteiger partial charge >= 0.3 is 0 Å². The molecule has 0 atom stereocenters. The summed E-state index contributed by atoms with van der Waals surface area (Å²) in [7, 11) is -3.39. The smallest absolute Gasteiger partial charge is 0.232 e. The van der Waals surface area contributed by atoms with Gasteiger partial charge in [-0.3, -0.25) is 9.10 Å². The molecule has 2 heterocycles. The molecule has 0 radical (unpaired) electrons. The van der Waals surface area contributed by atoms with Crippen LogP contribution in [-0.4, -0.2) is 53.1 Å². The summed E-state index contributed by atoms with van der Waals surface area (Å²) in [6.07, 6.45) is 4.04. The molecule has 0 unspecified atom stereocenters. The van der Waals surface area contributed by atoms with Crippen LogP contribution in [0.1, 0.15) is 25.7 Å². The molecular formula is C18H26N2O5S. The number of carbonyl (C=O) groups is 1. The highest BCUT2D eigenvalue weighted by molar-refractivity contribution is 7.92. The maximum absolute atomic E-state index is 12.3. The van der Waals surface area contributed by atoms with Crippen molar-refractivity contribution in [1.29, 1.82) is 0 Å². The topological polar surface area (TPSA) is 84.9 Å². The molecule has 144 valence electrons. The number of nitrogens with zero attached hydrogens (tertiary/aromatic N) is 1. The second-order valence-electron chi connectivity index (χ2n) is 6.83. The van der Waals surface area contributed by atoms with Crippen LogP contribution in [0.5, 0.6) is 0 Å². The number of benzene rings is 1. The Morgan fingerprint density at radius 3 is 2.08 bits per heavy atom. The first-order valence-corrected chi connectivity index (χ1v) is 10.9. The van der Waals surface area contributed by atoms with E-state index in [2.05, 4.69) is 5.32 Å². The molecule has 0 spiro atoms. The summed E-state index contributed by atoms with van der Waals surface area (Å²) in [4.78, 5) is 12.3. The van der Waals surface area contributed by atoms with Crippen molar-refractivity contribution in [2.75, 3.05) is 42.3 Å². The summed E-state index contributed by atoms with van der Waals surface area (Å²) in [5, 5.41) is 2.91. The predicted molar refractivity (Wildman–Crippen MR) is 99.8 cm³/mol. The maximum atomic E-state index is 12.3. The van der Waals surface area contributed by atoms with Gasteiger partial charge in [-0.2, -0.15) is 0 Å². The SMILES string of the molecule is CS(=O)(=O)N(c1ccc(NC(=O)C2CCOCC2)cc1)C1CCOCC1. The molecule has 2 aliphatic rings. The normalized spacial score (nSPS) is 19.9. The van der Waals surface area contributed by atoms with Crippen LogP contribution in [0, 0.1) is 5.92 Å². The predicted octanol–water partition coefficient (Wildman–Crippen LogP) is 2.00. The molecule has 2 saturated heterocycles. The molecule has 26 heavy (non-hydrogen) atoms. The minimum Gasteiger partial charge on any atom is -0.381 e. The van der Waals surface area contributed by atoms with E-state index in [4.69, 9.17) is 9.47 Å². The zero-order valence-corrected chi connectivity index (χ0v) is 15.8. The highest BCUT2D eigenvalue weighted by Crippen LogP contribution is 2.27. The average Bonchev–Trinajstić information content (AvgIpc) is 2.64. The van der Waals surface area contributed by atoms with Crippen LogP contribution in [0.3, 0.4) is 0 Å². The third-order valence-electron chi connectivity index (χ3n) is 4.86. The van der Waals surface area contributed by atoms with Gasteiger partial charge in [-0.25, -0.2) is 8.42 Å². The highest BCUT2D eigenvalue weighted by atomic mass is 32.2. The number of nitrogens with one attached hydrogen (secondary N) is 1. The third-order valence-corrected chi connectivity index (χ3v) is 6.08. The molecule has 3 rings (SSSR count). The molecular weight excluding hydrogens is 356 g/mol. The Morgan fingerprint density at radius 1 is 1.00 bits per heavy atom. The number of anilines is 2. The quantitative estimate of drug-likeness (QED) is 0.842. The average molecular weight is 382 g/mol. The molecule has 0 aliphatic carbocycles. The second kappa shape index (κ2) is 8.37. The molecule has 2 fully saturated rings. The summed E-state index contributed by atoms with van der Waals surface area (Å²) in [6, 6.07) is 6.90. The second-order valence-corrected chi connectivity index (χ2v) is 8.68. The van der Waals surface area contributed by atoms with E-state index in [0.29, 0.717) is 50.6 Å². The van der Waals surface area contributed by atoms with Crippen molar-refractivity contribution in [2.24, 2.45) is 5.92 Å². The van der Waals surface area contributed by atoms with E-state index in [9.17, 15) is 13.2 Å². The van der Waals surface area contributed by atoms with Crippen molar-refractivity contribution < 1.29 is 22.7 Å². The van der Waals surface area contributed by atoms with Crippen LogP contribution in [0.25, 0.3) is 0 Å². The minimum absolute atomic E-state index is 0.00884.